The minimum atomic E-state index is 0.763. The molecule has 6 heteroatoms. The number of hydrogen-bond acceptors (Lipinski definition) is 6. The Hall–Kier alpha value is -1.52. The molecule has 0 N–H and O–H groups in total. The Bertz CT molecular complexity index is 959. The lowest BCUT2D eigenvalue weighted by Gasteiger charge is -2.24. The number of benzene rings is 2. The van der Waals surface area contributed by atoms with Gasteiger partial charge in [-0.05, 0) is 23.6 Å². The van der Waals surface area contributed by atoms with Gasteiger partial charge >= 0.3 is 0 Å². The van der Waals surface area contributed by atoms with Crippen molar-refractivity contribution in [1.82, 2.24) is 0 Å². The minimum Gasteiger partial charge on any atom is -0.172 e. The van der Waals surface area contributed by atoms with E-state index in [1.54, 1.807) is 23.5 Å². The summed E-state index contributed by atoms with van der Waals surface area (Å²) >= 11 is 7.31. The highest BCUT2D eigenvalue weighted by molar-refractivity contribution is 8.40. The van der Waals surface area contributed by atoms with E-state index >= 15 is 0 Å². The highest BCUT2D eigenvalue weighted by Gasteiger charge is 2.31. The molecule has 26 heavy (non-hydrogen) atoms. The van der Waals surface area contributed by atoms with E-state index in [1.165, 1.54) is 18.3 Å². The molecule has 0 amide bonds. The van der Waals surface area contributed by atoms with Crippen molar-refractivity contribution in [3.63, 3.8) is 0 Å². The molecular formula is C20H14N2S4. The predicted molar refractivity (Wildman–Crippen MR) is 119 cm³/mol. The van der Waals surface area contributed by atoms with Crippen LogP contribution in [0.15, 0.2) is 66.2 Å². The summed E-state index contributed by atoms with van der Waals surface area (Å²) < 4.78 is 4.02. The van der Waals surface area contributed by atoms with E-state index in [0.717, 1.165) is 28.0 Å². The molecule has 2 aromatic carbocycles. The Morgan fingerprint density at radius 3 is 1.69 bits per heavy atom. The monoisotopic (exact) mass is 410 g/mol. The second-order valence-electron chi connectivity index (χ2n) is 5.50. The second-order valence-corrected chi connectivity index (χ2v) is 9.95. The van der Waals surface area contributed by atoms with Crippen LogP contribution in [0, 0.1) is 11.5 Å². The van der Waals surface area contributed by atoms with E-state index in [-0.39, 0.29) is 0 Å². The van der Waals surface area contributed by atoms with Crippen LogP contribution < -0.4 is 0 Å². The largest absolute Gasteiger partial charge is 0.206 e. The van der Waals surface area contributed by atoms with Gasteiger partial charge in [-0.1, -0.05) is 72.1 Å². The molecule has 2 aromatic rings. The van der Waals surface area contributed by atoms with Crippen molar-refractivity contribution >= 4 is 58.3 Å². The van der Waals surface area contributed by atoms with Gasteiger partial charge in [-0.15, -0.1) is 23.5 Å². The molecule has 2 nitrogen and oxygen atoms in total. The third-order valence-corrected chi connectivity index (χ3v) is 9.40. The van der Waals surface area contributed by atoms with Crippen molar-refractivity contribution in [2.45, 2.75) is 0 Å². The first kappa shape index (κ1) is 17.9. The van der Waals surface area contributed by atoms with Crippen molar-refractivity contribution in [1.29, 1.82) is 5.26 Å². The maximum atomic E-state index is 9.21. The molecular weight excluding hydrogens is 397 g/mol. The smallest absolute Gasteiger partial charge is 0.172 e. The molecule has 0 bridgehead atoms. The van der Waals surface area contributed by atoms with Crippen LogP contribution >= 0.6 is 47.0 Å². The maximum Gasteiger partial charge on any atom is 0.206 e. The normalized spacial score (nSPS) is 15.7. The molecule has 0 saturated heterocycles. The summed E-state index contributed by atoms with van der Waals surface area (Å²) in [5.41, 5.74) is 6.37. The zero-order chi connectivity index (χ0) is 18.1. The SMILES string of the molecule is CSC1=C(SC)SC(=C2c3ccccc3C(=NC#N)c3ccccc32)S1. The average Bonchev–Trinajstić information content (AvgIpc) is 3.11. The first-order valence-electron chi connectivity index (χ1n) is 7.87. The van der Waals surface area contributed by atoms with Gasteiger partial charge in [0.2, 0.25) is 6.19 Å². The highest BCUT2D eigenvalue weighted by Crippen LogP contribution is 2.59. The number of fused-ring (bicyclic) bond motifs is 2. The molecule has 0 atom stereocenters. The summed E-state index contributed by atoms with van der Waals surface area (Å²) in [5, 5.41) is 9.21. The van der Waals surface area contributed by atoms with E-state index in [1.807, 2.05) is 41.8 Å². The fraction of sp³-hybridized carbons (Fsp3) is 0.100. The lowest BCUT2D eigenvalue weighted by molar-refractivity contribution is 1.39. The number of hydrogen-bond donors (Lipinski definition) is 0. The molecule has 0 fully saturated rings. The highest BCUT2D eigenvalue weighted by atomic mass is 32.3. The van der Waals surface area contributed by atoms with Crippen LogP contribution in [0.5, 0.6) is 0 Å². The molecule has 0 radical (unpaired) electrons. The number of nitriles is 1. The number of aliphatic imine (C=N–C) groups is 1. The standard InChI is InChI=1S/C20H14N2S4/c1-23-19-20(24-2)26-18(25-19)16-12-7-3-5-9-14(12)17(22-11-21)15-10-6-4-8-13(15)16/h3-10H,1-2H3. The minimum absolute atomic E-state index is 0.763. The summed E-state index contributed by atoms with van der Waals surface area (Å²) in [6.45, 7) is 0. The Morgan fingerprint density at radius 2 is 1.27 bits per heavy atom. The lowest BCUT2D eigenvalue weighted by atomic mass is 9.81. The molecule has 4 rings (SSSR count). The zero-order valence-corrected chi connectivity index (χ0v) is 17.4. The summed E-state index contributed by atoms with van der Waals surface area (Å²) in [5.74, 6) is 0. The van der Waals surface area contributed by atoms with Gasteiger partial charge in [-0.25, -0.2) is 0 Å². The fourth-order valence-electron chi connectivity index (χ4n) is 3.12. The first-order valence-corrected chi connectivity index (χ1v) is 11.9. The third-order valence-electron chi connectivity index (χ3n) is 4.18. The molecule has 1 aliphatic carbocycles. The topological polar surface area (TPSA) is 36.1 Å². The first-order chi connectivity index (χ1) is 12.8. The van der Waals surface area contributed by atoms with Crippen molar-refractivity contribution < 1.29 is 0 Å². The Kier molecular flexibility index (Phi) is 5.23. The van der Waals surface area contributed by atoms with Gasteiger partial charge in [0.1, 0.15) is 0 Å². The van der Waals surface area contributed by atoms with Crippen LogP contribution in [-0.2, 0) is 0 Å². The third kappa shape index (κ3) is 2.93. The number of nitrogens with zero attached hydrogens (tertiary/aromatic N) is 2. The van der Waals surface area contributed by atoms with Crippen LogP contribution in [0.2, 0.25) is 0 Å². The van der Waals surface area contributed by atoms with Gasteiger partial charge in [-0.3, -0.25) is 0 Å². The van der Waals surface area contributed by atoms with Gasteiger partial charge in [-0.2, -0.15) is 10.3 Å². The predicted octanol–water partition coefficient (Wildman–Crippen LogP) is 6.37. The number of thioether (sulfide) groups is 4. The van der Waals surface area contributed by atoms with Gasteiger partial charge in [0.25, 0.3) is 0 Å². The van der Waals surface area contributed by atoms with E-state index in [2.05, 4.69) is 53.9 Å². The van der Waals surface area contributed by atoms with Crippen LogP contribution in [0.4, 0.5) is 0 Å². The fourth-order valence-corrected chi connectivity index (χ4v) is 8.25. The molecule has 0 aromatic heterocycles. The molecule has 1 heterocycles. The van der Waals surface area contributed by atoms with Gasteiger partial charge < -0.3 is 0 Å². The number of rotatable bonds is 2. The summed E-state index contributed by atoms with van der Waals surface area (Å²) in [7, 11) is 0. The van der Waals surface area contributed by atoms with E-state index in [4.69, 9.17) is 0 Å². The van der Waals surface area contributed by atoms with Gasteiger partial charge in [0, 0.05) is 16.7 Å². The van der Waals surface area contributed by atoms with Crippen LogP contribution in [-0.4, -0.2) is 18.2 Å². The molecule has 0 saturated carbocycles. The molecule has 0 spiro atoms. The van der Waals surface area contributed by atoms with E-state index < -0.39 is 0 Å². The second kappa shape index (κ2) is 7.61. The van der Waals surface area contributed by atoms with Crippen LogP contribution in [0.3, 0.4) is 0 Å². The van der Waals surface area contributed by atoms with E-state index in [0.29, 0.717) is 0 Å². The average molecular weight is 411 g/mol. The molecule has 128 valence electrons. The van der Waals surface area contributed by atoms with Gasteiger partial charge in [0.05, 0.1) is 18.4 Å². The van der Waals surface area contributed by atoms with Crippen LogP contribution in [0.1, 0.15) is 22.3 Å². The Morgan fingerprint density at radius 1 is 0.808 bits per heavy atom. The van der Waals surface area contributed by atoms with Crippen molar-refractivity contribution in [2.24, 2.45) is 4.99 Å². The molecule has 1 aliphatic heterocycles. The Balaban J connectivity index is 1.99. The van der Waals surface area contributed by atoms with Gasteiger partial charge in [0.15, 0.2) is 0 Å². The zero-order valence-electron chi connectivity index (χ0n) is 14.1. The van der Waals surface area contributed by atoms with Crippen molar-refractivity contribution in [2.75, 3.05) is 12.5 Å². The maximum absolute atomic E-state index is 9.21. The van der Waals surface area contributed by atoms with Crippen molar-refractivity contribution in [3.05, 3.63) is 83.5 Å². The Labute approximate surface area is 170 Å². The lowest BCUT2D eigenvalue weighted by Crippen LogP contribution is -2.15. The van der Waals surface area contributed by atoms with Crippen molar-refractivity contribution in [3.8, 4) is 6.19 Å². The van der Waals surface area contributed by atoms with Crippen LogP contribution in [0.25, 0.3) is 5.57 Å². The van der Waals surface area contributed by atoms with E-state index in [9.17, 15) is 5.26 Å². The quantitative estimate of drug-likeness (QED) is 0.459. The summed E-state index contributed by atoms with van der Waals surface area (Å²) in [6, 6.07) is 16.5. The summed E-state index contributed by atoms with van der Waals surface area (Å²) in [6.07, 6.45) is 6.25. The summed E-state index contributed by atoms with van der Waals surface area (Å²) in [4.78, 5) is 4.16. The molecule has 0 unspecified atom stereocenters. The molecule has 2 aliphatic rings.